The predicted molar refractivity (Wildman–Crippen MR) is 69.2 cm³/mol. The van der Waals surface area contributed by atoms with Gasteiger partial charge in [-0.25, -0.2) is 0 Å². The van der Waals surface area contributed by atoms with Gasteiger partial charge in [-0.1, -0.05) is 6.92 Å². The molecule has 0 spiro atoms. The first-order valence-corrected chi connectivity index (χ1v) is 7.13. The second-order valence-electron chi connectivity index (χ2n) is 4.70. The van der Waals surface area contributed by atoms with Crippen LogP contribution in [0.1, 0.15) is 38.2 Å². The van der Waals surface area contributed by atoms with Crippen LogP contribution in [0.3, 0.4) is 0 Å². The zero-order valence-electron chi connectivity index (χ0n) is 10.1. The van der Waals surface area contributed by atoms with Gasteiger partial charge in [0.1, 0.15) is 0 Å². The number of carboxylic acid groups (broad SMARTS) is 1. The summed E-state index contributed by atoms with van der Waals surface area (Å²) in [5.74, 6) is -0.687. The molecule has 1 heterocycles. The number of aliphatic carboxylic acids is 1. The van der Waals surface area contributed by atoms with E-state index in [-0.39, 0.29) is 12.5 Å². The maximum absolute atomic E-state index is 10.9. The lowest BCUT2D eigenvalue weighted by molar-refractivity contribution is -0.138. The highest BCUT2D eigenvalue weighted by molar-refractivity contribution is 7.07. The van der Waals surface area contributed by atoms with Crippen LogP contribution in [0.15, 0.2) is 16.8 Å². The zero-order chi connectivity index (χ0) is 12.3. The molecular weight excluding hydrogens is 234 g/mol. The zero-order valence-corrected chi connectivity index (χ0v) is 10.9. The Morgan fingerprint density at radius 1 is 1.65 bits per heavy atom. The Balaban J connectivity index is 2.02. The summed E-state index contributed by atoms with van der Waals surface area (Å²) in [4.78, 5) is 13.3. The standard InChI is InChI=1S/C13H19NO2S/c1-2-11(7-13(15)16)14(12-3-4-12)8-10-5-6-17-9-10/h5-6,9,11-12H,2-4,7-8H2,1H3,(H,15,16). The second kappa shape index (κ2) is 5.65. The highest BCUT2D eigenvalue weighted by Crippen LogP contribution is 2.32. The van der Waals surface area contributed by atoms with Gasteiger partial charge in [-0.2, -0.15) is 11.3 Å². The van der Waals surface area contributed by atoms with Crippen LogP contribution in [-0.2, 0) is 11.3 Å². The molecule has 1 atom stereocenters. The third kappa shape index (κ3) is 3.54. The molecule has 0 radical (unpaired) electrons. The second-order valence-corrected chi connectivity index (χ2v) is 5.48. The Kier molecular flexibility index (Phi) is 4.18. The van der Waals surface area contributed by atoms with E-state index in [0.717, 1.165) is 13.0 Å². The highest BCUT2D eigenvalue weighted by Gasteiger charge is 2.34. The van der Waals surface area contributed by atoms with Gasteiger partial charge in [0.25, 0.3) is 0 Å². The van der Waals surface area contributed by atoms with Crippen molar-refractivity contribution in [2.75, 3.05) is 0 Å². The van der Waals surface area contributed by atoms with Gasteiger partial charge in [-0.05, 0) is 41.7 Å². The molecule has 1 aromatic rings. The highest BCUT2D eigenvalue weighted by atomic mass is 32.1. The topological polar surface area (TPSA) is 40.5 Å². The van der Waals surface area contributed by atoms with E-state index < -0.39 is 5.97 Å². The first-order chi connectivity index (χ1) is 8.20. The minimum atomic E-state index is -0.687. The van der Waals surface area contributed by atoms with Crippen molar-refractivity contribution >= 4 is 17.3 Å². The monoisotopic (exact) mass is 253 g/mol. The average Bonchev–Trinajstić information content (AvgIpc) is 3.01. The van der Waals surface area contributed by atoms with Crippen LogP contribution >= 0.6 is 11.3 Å². The molecule has 1 fully saturated rings. The van der Waals surface area contributed by atoms with Gasteiger partial charge in [0.15, 0.2) is 0 Å². The van der Waals surface area contributed by atoms with Crippen molar-refractivity contribution in [3.05, 3.63) is 22.4 Å². The lowest BCUT2D eigenvalue weighted by Crippen LogP contribution is -2.37. The summed E-state index contributed by atoms with van der Waals surface area (Å²) in [5, 5.41) is 13.2. The normalized spacial score (nSPS) is 17.3. The van der Waals surface area contributed by atoms with Crippen LogP contribution in [0.2, 0.25) is 0 Å². The molecule has 1 aliphatic carbocycles. The SMILES string of the molecule is CCC(CC(=O)O)N(Cc1ccsc1)C1CC1. The van der Waals surface area contributed by atoms with Gasteiger partial charge in [-0.15, -0.1) is 0 Å². The summed E-state index contributed by atoms with van der Waals surface area (Å²) in [6.07, 6.45) is 3.62. The van der Waals surface area contributed by atoms with Crippen molar-refractivity contribution in [1.29, 1.82) is 0 Å². The van der Waals surface area contributed by atoms with E-state index in [0.29, 0.717) is 6.04 Å². The van der Waals surface area contributed by atoms with Crippen molar-refractivity contribution in [2.45, 2.75) is 51.2 Å². The number of nitrogens with zero attached hydrogens (tertiary/aromatic N) is 1. The fourth-order valence-corrected chi connectivity index (χ4v) is 2.91. The Labute approximate surface area is 106 Å². The third-order valence-electron chi connectivity index (χ3n) is 3.31. The van der Waals surface area contributed by atoms with Gasteiger partial charge in [0.2, 0.25) is 0 Å². The molecule has 1 aromatic heterocycles. The molecule has 1 aliphatic rings. The predicted octanol–water partition coefficient (Wildman–Crippen LogP) is 2.97. The van der Waals surface area contributed by atoms with Gasteiger partial charge in [-0.3, -0.25) is 9.69 Å². The smallest absolute Gasteiger partial charge is 0.304 e. The first kappa shape index (κ1) is 12.6. The Hall–Kier alpha value is -0.870. The number of carboxylic acids is 1. The van der Waals surface area contributed by atoms with Crippen LogP contribution in [0.25, 0.3) is 0 Å². The van der Waals surface area contributed by atoms with Gasteiger partial charge in [0, 0.05) is 18.6 Å². The summed E-state index contributed by atoms with van der Waals surface area (Å²) in [6, 6.07) is 2.92. The fourth-order valence-electron chi connectivity index (χ4n) is 2.25. The molecule has 94 valence electrons. The Bertz CT molecular complexity index is 360. The number of rotatable bonds is 7. The van der Waals surface area contributed by atoms with Crippen molar-refractivity contribution in [2.24, 2.45) is 0 Å². The van der Waals surface area contributed by atoms with Crippen LogP contribution in [0, 0.1) is 0 Å². The number of hydrogen-bond donors (Lipinski definition) is 1. The molecule has 0 amide bonds. The lowest BCUT2D eigenvalue weighted by atomic mass is 10.1. The van der Waals surface area contributed by atoms with Crippen LogP contribution in [0.5, 0.6) is 0 Å². The van der Waals surface area contributed by atoms with E-state index >= 15 is 0 Å². The molecule has 0 saturated heterocycles. The maximum atomic E-state index is 10.9. The number of thiophene rings is 1. The van der Waals surface area contributed by atoms with Gasteiger partial charge >= 0.3 is 5.97 Å². The van der Waals surface area contributed by atoms with Crippen molar-refractivity contribution in [1.82, 2.24) is 4.90 Å². The molecule has 0 bridgehead atoms. The summed E-state index contributed by atoms with van der Waals surface area (Å²) < 4.78 is 0. The minimum absolute atomic E-state index is 0.180. The van der Waals surface area contributed by atoms with Gasteiger partial charge in [0.05, 0.1) is 6.42 Å². The van der Waals surface area contributed by atoms with E-state index in [1.54, 1.807) is 11.3 Å². The summed E-state index contributed by atoms with van der Waals surface area (Å²) >= 11 is 1.70. The summed E-state index contributed by atoms with van der Waals surface area (Å²) in [6.45, 7) is 2.98. The van der Waals surface area contributed by atoms with E-state index in [1.165, 1.54) is 18.4 Å². The van der Waals surface area contributed by atoms with Crippen LogP contribution < -0.4 is 0 Å². The molecular formula is C13H19NO2S. The van der Waals surface area contributed by atoms with E-state index in [2.05, 4.69) is 28.7 Å². The summed E-state index contributed by atoms with van der Waals surface area (Å²) in [7, 11) is 0. The summed E-state index contributed by atoms with van der Waals surface area (Å²) in [5.41, 5.74) is 1.31. The van der Waals surface area contributed by atoms with E-state index in [4.69, 9.17) is 5.11 Å². The molecule has 1 saturated carbocycles. The molecule has 2 rings (SSSR count). The first-order valence-electron chi connectivity index (χ1n) is 6.19. The van der Waals surface area contributed by atoms with Crippen molar-refractivity contribution < 1.29 is 9.90 Å². The molecule has 4 heteroatoms. The van der Waals surface area contributed by atoms with Crippen molar-refractivity contribution in [3.63, 3.8) is 0 Å². The van der Waals surface area contributed by atoms with Crippen molar-refractivity contribution in [3.8, 4) is 0 Å². The molecule has 3 nitrogen and oxygen atoms in total. The van der Waals surface area contributed by atoms with E-state index in [9.17, 15) is 4.79 Å². The average molecular weight is 253 g/mol. The van der Waals surface area contributed by atoms with Crippen LogP contribution in [0.4, 0.5) is 0 Å². The molecule has 1 N–H and O–H groups in total. The van der Waals surface area contributed by atoms with Gasteiger partial charge < -0.3 is 5.11 Å². The quantitative estimate of drug-likeness (QED) is 0.812. The molecule has 17 heavy (non-hydrogen) atoms. The molecule has 0 aliphatic heterocycles. The third-order valence-corrected chi connectivity index (χ3v) is 4.04. The lowest BCUT2D eigenvalue weighted by Gasteiger charge is -2.30. The van der Waals surface area contributed by atoms with Crippen LogP contribution in [-0.4, -0.2) is 28.1 Å². The Morgan fingerprint density at radius 2 is 2.41 bits per heavy atom. The molecule has 1 unspecified atom stereocenters. The Morgan fingerprint density at radius 3 is 2.88 bits per heavy atom. The maximum Gasteiger partial charge on any atom is 0.304 e. The minimum Gasteiger partial charge on any atom is -0.481 e. The number of carbonyl (C=O) groups is 1. The fraction of sp³-hybridized carbons (Fsp3) is 0.615. The largest absolute Gasteiger partial charge is 0.481 e. The number of hydrogen-bond acceptors (Lipinski definition) is 3. The van der Waals surface area contributed by atoms with E-state index in [1.807, 2.05) is 0 Å². The molecule has 0 aromatic carbocycles.